The summed E-state index contributed by atoms with van der Waals surface area (Å²) >= 11 is 0. The predicted octanol–water partition coefficient (Wildman–Crippen LogP) is 0.839. The van der Waals surface area contributed by atoms with Crippen LogP contribution in [0.5, 0.6) is 5.75 Å². The molecule has 102 valence electrons. The van der Waals surface area contributed by atoms with E-state index in [0.717, 1.165) is 6.42 Å². The molecule has 0 radical (unpaired) electrons. The number of hydrogen-bond donors (Lipinski definition) is 1. The molecule has 1 aliphatic heterocycles. The first-order valence-electron chi connectivity index (χ1n) is 5.44. The number of hydrogen-bond acceptors (Lipinski definition) is 4. The van der Waals surface area contributed by atoms with Crippen LogP contribution in [0.25, 0.3) is 0 Å². The van der Waals surface area contributed by atoms with Crippen molar-refractivity contribution in [3.8, 4) is 5.75 Å². The monoisotopic (exact) mass is 292 g/mol. The van der Waals surface area contributed by atoms with Crippen molar-refractivity contribution in [2.24, 2.45) is 5.73 Å². The Morgan fingerprint density at radius 2 is 1.94 bits per heavy atom. The molecule has 0 spiro atoms. The van der Waals surface area contributed by atoms with Gasteiger partial charge in [-0.1, -0.05) is 0 Å². The molecule has 0 aliphatic carbocycles. The van der Waals surface area contributed by atoms with Crippen LogP contribution in [0.2, 0.25) is 0 Å². The van der Waals surface area contributed by atoms with E-state index in [2.05, 4.69) is 0 Å². The number of nitrogens with two attached hydrogens (primary N) is 1. The van der Waals surface area contributed by atoms with Crippen molar-refractivity contribution in [1.82, 2.24) is 4.31 Å². The maximum absolute atomic E-state index is 12.2. The first kappa shape index (κ1) is 15.2. The molecular formula is C11H17ClN2O3S. The third-order valence-electron chi connectivity index (χ3n) is 2.88. The molecule has 1 aromatic carbocycles. The number of benzene rings is 1. The first-order chi connectivity index (χ1) is 8.04. The molecule has 1 atom stereocenters. The summed E-state index contributed by atoms with van der Waals surface area (Å²) in [5.41, 5.74) is 5.72. The minimum Gasteiger partial charge on any atom is -0.497 e. The molecule has 0 aromatic heterocycles. The van der Waals surface area contributed by atoms with Crippen LogP contribution in [-0.4, -0.2) is 39.0 Å². The molecule has 1 aliphatic rings. The number of rotatable bonds is 3. The quantitative estimate of drug-likeness (QED) is 0.896. The molecule has 1 fully saturated rings. The van der Waals surface area contributed by atoms with Gasteiger partial charge in [0.05, 0.1) is 12.0 Å². The molecule has 0 bridgehead atoms. The summed E-state index contributed by atoms with van der Waals surface area (Å²) in [6.45, 7) is 0.893. The maximum atomic E-state index is 12.2. The van der Waals surface area contributed by atoms with Gasteiger partial charge in [0.2, 0.25) is 10.0 Å². The SMILES string of the molecule is COc1ccc(S(=O)(=O)N2CC[C@@H](N)C2)cc1.Cl. The lowest BCUT2D eigenvalue weighted by atomic mass is 10.3. The Labute approximate surface area is 113 Å². The number of methoxy groups -OCH3 is 1. The standard InChI is InChI=1S/C11H16N2O3S.ClH/c1-16-10-2-4-11(5-3-10)17(14,15)13-7-6-9(12)8-13;/h2-5,9H,6-8,12H2,1H3;1H/t9-;/m1./s1. The second kappa shape index (κ2) is 5.88. The van der Waals surface area contributed by atoms with Crippen molar-refractivity contribution < 1.29 is 13.2 Å². The van der Waals surface area contributed by atoms with Crippen LogP contribution >= 0.6 is 12.4 Å². The van der Waals surface area contributed by atoms with Crippen LogP contribution in [0.3, 0.4) is 0 Å². The van der Waals surface area contributed by atoms with E-state index in [9.17, 15) is 8.42 Å². The normalized spacial score (nSPS) is 20.4. The zero-order chi connectivity index (χ0) is 12.5. The molecule has 1 heterocycles. The minimum absolute atomic E-state index is 0. The zero-order valence-corrected chi connectivity index (χ0v) is 11.7. The molecule has 7 heteroatoms. The van der Waals surface area contributed by atoms with Crippen molar-refractivity contribution in [3.63, 3.8) is 0 Å². The zero-order valence-electron chi connectivity index (χ0n) is 10.1. The van der Waals surface area contributed by atoms with E-state index in [-0.39, 0.29) is 23.3 Å². The summed E-state index contributed by atoms with van der Waals surface area (Å²) in [4.78, 5) is 0.285. The Bertz CT molecular complexity index is 490. The lowest BCUT2D eigenvalue weighted by molar-refractivity contribution is 0.414. The summed E-state index contributed by atoms with van der Waals surface area (Å²) < 4.78 is 30.8. The Balaban J connectivity index is 0.00000162. The van der Waals surface area contributed by atoms with Crippen molar-refractivity contribution in [3.05, 3.63) is 24.3 Å². The lowest BCUT2D eigenvalue weighted by Gasteiger charge is -2.16. The van der Waals surface area contributed by atoms with E-state index in [4.69, 9.17) is 10.5 Å². The first-order valence-corrected chi connectivity index (χ1v) is 6.88. The molecule has 18 heavy (non-hydrogen) atoms. The van der Waals surface area contributed by atoms with E-state index < -0.39 is 10.0 Å². The average molecular weight is 293 g/mol. The van der Waals surface area contributed by atoms with Crippen LogP contribution < -0.4 is 10.5 Å². The van der Waals surface area contributed by atoms with Crippen LogP contribution in [0, 0.1) is 0 Å². The molecule has 1 aromatic rings. The van der Waals surface area contributed by atoms with E-state index in [1.807, 2.05) is 0 Å². The molecule has 2 rings (SSSR count). The Hall–Kier alpha value is -0.820. The third kappa shape index (κ3) is 2.95. The fraction of sp³-hybridized carbons (Fsp3) is 0.455. The highest BCUT2D eigenvalue weighted by Gasteiger charge is 2.30. The Morgan fingerprint density at radius 1 is 1.33 bits per heavy atom. The molecule has 0 unspecified atom stereocenters. The van der Waals surface area contributed by atoms with E-state index in [0.29, 0.717) is 18.8 Å². The van der Waals surface area contributed by atoms with Crippen molar-refractivity contribution in [1.29, 1.82) is 0 Å². The maximum Gasteiger partial charge on any atom is 0.243 e. The van der Waals surface area contributed by atoms with Gasteiger partial charge < -0.3 is 10.5 Å². The highest BCUT2D eigenvalue weighted by Crippen LogP contribution is 2.22. The molecule has 0 saturated carbocycles. The van der Waals surface area contributed by atoms with Crippen LogP contribution in [0.4, 0.5) is 0 Å². The van der Waals surface area contributed by atoms with Crippen molar-refractivity contribution in [2.45, 2.75) is 17.4 Å². The predicted molar refractivity (Wildman–Crippen MR) is 71.6 cm³/mol. The second-order valence-corrected chi connectivity index (χ2v) is 6.03. The Kier molecular flexibility index (Phi) is 4.98. The number of nitrogens with zero attached hydrogens (tertiary/aromatic N) is 1. The summed E-state index contributed by atoms with van der Waals surface area (Å²) in [5, 5.41) is 0. The van der Waals surface area contributed by atoms with Gasteiger partial charge >= 0.3 is 0 Å². The smallest absolute Gasteiger partial charge is 0.243 e. The van der Waals surface area contributed by atoms with E-state index in [1.165, 1.54) is 4.31 Å². The van der Waals surface area contributed by atoms with Gasteiger partial charge in [0.25, 0.3) is 0 Å². The van der Waals surface area contributed by atoms with Crippen LogP contribution in [0.15, 0.2) is 29.2 Å². The second-order valence-electron chi connectivity index (χ2n) is 4.09. The van der Waals surface area contributed by atoms with Gasteiger partial charge in [0.15, 0.2) is 0 Å². The van der Waals surface area contributed by atoms with Gasteiger partial charge in [-0.15, -0.1) is 12.4 Å². The number of sulfonamides is 1. The van der Waals surface area contributed by atoms with Gasteiger partial charge in [-0.05, 0) is 30.7 Å². The van der Waals surface area contributed by atoms with Gasteiger partial charge in [-0.2, -0.15) is 4.31 Å². The average Bonchev–Trinajstić information content (AvgIpc) is 2.77. The van der Waals surface area contributed by atoms with Gasteiger partial charge in [0.1, 0.15) is 5.75 Å². The summed E-state index contributed by atoms with van der Waals surface area (Å²) in [5.74, 6) is 0.641. The molecule has 5 nitrogen and oxygen atoms in total. The van der Waals surface area contributed by atoms with Gasteiger partial charge in [0, 0.05) is 19.1 Å². The van der Waals surface area contributed by atoms with E-state index >= 15 is 0 Å². The van der Waals surface area contributed by atoms with Crippen LogP contribution in [0.1, 0.15) is 6.42 Å². The number of ether oxygens (including phenoxy) is 1. The van der Waals surface area contributed by atoms with Gasteiger partial charge in [-0.25, -0.2) is 8.42 Å². The van der Waals surface area contributed by atoms with Crippen LogP contribution in [-0.2, 0) is 10.0 Å². The summed E-state index contributed by atoms with van der Waals surface area (Å²) in [6.07, 6.45) is 0.718. The van der Waals surface area contributed by atoms with Crippen molar-refractivity contribution >= 4 is 22.4 Å². The molecular weight excluding hydrogens is 276 g/mol. The summed E-state index contributed by atoms with van der Waals surface area (Å²) in [6, 6.07) is 6.34. The lowest BCUT2D eigenvalue weighted by Crippen LogP contribution is -2.31. The highest BCUT2D eigenvalue weighted by molar-refractivity contribution is 7.89. The van der Waals surface area contributed by atoms with E-state index in [1.54, 1.807) is 31.4 Å². The highest BCUT2D eigenvalue weighted by atomic mass is 35.5. The Morgan fingerprint density at radius 3 is 2.39 bits per heavy atom. The minimum atomic E-state index is -3.40. The topological polar surface area (TPSA) is 72.6 Å². The molecule has 0 amide bonds. The largest absolute Gasteiger partial charge is 0.497 e. The number of halogens is 1. The summed E-state index contributed by atoms with van der Waals surface area (Å²) in [7, 11) is -1.85. The van der Waals surface area contributed by atoms with Gasteiger partial charge in [-0.3, -0.25) is 0 Å². The fourth-order valence-electron chi connectivity index (χ4n) is 1.87. The molecule has 2 N–H and O–H groups in total. The third-order valence-corrected chi connectivity index (χ3v) is 4.76. The molecule has 1 saturated heterocycles. The van der Waals surface area contributed by atoms with Crippen molar-refractivity contribution in [2.75, 3.05) is 20.2 Å². The fourth-order valence-corrected chi connectivity index (χ4v) is 3.38.